The van der Waals surface area contributed by atoms with E-state index in [1.165, 1.54) is 6.20 Å². The number of hydrogen-bond acceptors (Lipinski definition) is 6. The summed E-state index contributed by atoms with van der Waals surface area (Å²) in [6, 6.07) is 15.9. The van der Waals surface area contributed by atoms with Gasteiger partial charge in [0, 0.05) is 18.4 Å². The normalized spacial score (nSPS) is 12.9. The molecule has 0 saturated heterocycles. The van der Waals surface area contributed by atoms with E-state index in [1.807, 2.05) is 31.2 Å². The summed E-state index contributed by atoms with van der Waals surface area (Å²) in [6.45, 7) is 2.33. The summed E-state index contributed by atoms with van der Waals surface area (Å²) in [4.78, 5) is 40.1. The van der Waals surface area contributed by atoms with E-state index >= 15 is 0 Å². The molecule has 1 aliphatic carbocycles. The van der Waals surface area contributed by atoms with E-state index in [-0.39, 0.29) is 42.3 Å². The standard InChI is InChI=1S/C26H27N3O5S/c1-2-7-16(12-23(30)27-14-24-28-13-22(35-24)25(31)32)29-26(33)34-15-21-19-10-5-3-8-17(19)18-9-4-6-11-20(18)21/h3-6,8-11,13,16,21H,2,7,12,14-15H2,1H3,(H,27,30)(H,29,33)(H,31,32)/t16-/m0/s1. The topological polar surface area (TPSA) is 118 Å². The molecule has 0 unspecified atom stereocenters. The lowest BCUT2D eigenvalue weighted by Gasteiger charge is -2.19. The highest BCUT2D eigenvalue weighted by Gasteiger charge is 2.29. The molecule has 35 heavy (non-hydrogen) atoms. The van der Waals surface area contributed by atoms with Crippen molar-refractivity contribution in [1.82, 2.24) is 15.6 Å². The number of carbonyl (C=O) groups excluding carboxylic acids is 2. The molecule has 0 aliphatic heterocycles. The summed E-state index contributed by atoms with van der Waals surface area (Å²) >= 11 is 1.02. The van der Waals surface area contributed by atoms with Gasteiger partial charge in [-0.15, -0.1) is 11.3 Å². The molecule has 3 aromatic rings. The molecule has 2 aromatic carbocycles. The highest BCUT2D eigenvalue weighted by molar-refractivity contribution is 7.13. The third-order valence-corrected chi connectivity index (χ3v) is 6.92. The van der Waals surface area contributed by atoms with Crippen molar-refractivity contribution in [3.05, 3.63) is 75.7 Å². The number of nitrogens with zero attached hydrogens (tertiary/aromatic N) is 1. The van der Waals surface area contributed by atoms with Crippen LogP contribution in [0.2, 0.25) is 0 Å². The molecule has 1 aliphatic rings. The maximum atomic E-state index is 12.6. The highest BCUT2D eigenvalue weighted by Crippen LogP contribution is 2.44. The fraction of sp³-hybridized carbons (Fsp3) is 0.308. The fourth-order valence-electron chi connectivity index (χ4n) is 4.34. The van der Waals surface area contributed by atoms with Gasteiger partial charge in [0.05, 0.1) is 12.7 Å². The Hall–Kier alpha value is -3.72. The number of benzene rings is 2. The van der Waals surface area contributed by atoms with Gasteiger partial charge >= 0.3 is 12.1 Å². The summed E-state index contributed by atoms with van der Waals surface area (Å²) in [5.74, 6) is -1.33. The minimum Gasteiger partial charge on any atom is -0.477 e. The largest absolute Gasteiger partial charge is 0.477 e. The molecule has 0 bridgehead atoms. The van der Waals surface area contributed by atoms with E-state index < -0.39 is 12.1 Å². The number of carbonyl (C=O) groups is 3. The number of amides is 2. The maximum Gasteiger partial charge on any atom is 0.407 e. The van der Waals surface area contributed by atoms with Gasteiger partial charge in [0.15, 0.2) is 0 Å². The molecule has 9 heteroatoms. The SMILES string of the molecule is CCC[C@@H](CC(=O)NCc1ncc(C(=O)O)s1)NC(=O)OCC1c2ccccc2-c2ccccc21. The third kappa shape index (κ3) is 5.86. The van der Waals surface area contributed by atoms with Crippen LogP contribution in [0.3, 0.4) is 0 Å². The second kappa shape index (κ2) is 11.1. The zero-order valence-electron chi connectivity index (χ0n) is 19.3. The van der Waals surface area contributed by atoms with Gasteiger partial charge < -0.3 is 20.5 Å². The lowest BCUT2D eigenvalue weighted by molar-refractivity contribution is -0.121. The summed E-state index contributed by atoms with van der Waals surface area (Å²) in [5.41, 5.74) is 4.60. The first-order valence-electron chi connectivity index (χ1n) is 11.5. The second-order valence-corrected chi connectivity index (χ2v) is 9.47. The first-order chi connectivity index (χ1) is 17.0. The van der Waals surface area contributed by atoms with Crippen LogP contribution in [0.4, 0.5) is 4.79 Å². The molecule has 4 rings (SSSR count). The lowest BCUT2D eigenvalue weighted by Crippen LogP contribution is -2.39. The van der Waals surface area contributed by atoms with E-state index in [9.17, 15) is 14.4 Å². The molecule has 0 saturated carbocycles. The maximum absolute atomic E-state index is 12.6. The zero-order chi connectivity index (χ0) is 24.8. The number of aromatic nitrogens is 1. The minimum atomic E-state index is -1.05. The Bertz CT molecular complexity index is 1180. The Morgan fingerprint density at radius 2 is 1.74 bits per heavy atom. The number of aromatic carboxylic acids is 1. The zero-order valence-corrected chi connectivity index (χ0v) is 20.1. The van der Waals surface area contributed by atoms with Crippen molar-refractivity contribution in [2.24, 2.45) is 0 Å². The van der Waals surface area contributed by atoms with E-state index in [0.29, 0.717) is 11.4 Å². The number of ether oxygens (including phenoxy) is 1. The Labute approximate surface area is 207 Å². The second-order valence-electron chi connectivity index (χ2n) is 8.36. The van der Waals surface area contributed by atoms with Crippen molar-refractivity contribution in [1.29, 1.82) is 0 Å². The first kappa shape index (κ1) is 24.4. The van der Waals surface area contributed by atoms with Gasteiger partial charge in [0.25, 0.3) is 0 Å². The molecule has 1 atom stereocenters. The summed E-state index contributed by atoms with van der Waals surface area (Å²) in [7, 11) is 0. The number of rotatable bonds is 10. The molecule has 0 fully saturated rings. The quantitative estimate of drug-likeness (QED) is 0.381. The van der Waals surface area contributed by atoms with Crippen molar-refractivity contribution in [3.8, 4) is 11.1 Å². The van der Waals surface area contributed by atoms with Gasteiger partial charge in [0.2, 0.25) is 5.91 Å². The first-order valence-corrected chi connectivity index (χ1v) is 12.3. The molecule has 1 aromatic heterocycles. The number of nitrogens with one attached hydrogen (secondary N) is 2. The third-order valence-electron chi connectivity index (χ3n) is 5.94. The Kier molecular flexibility index (Phi) is 7.77. The van der Waals surface area contributed by atoms with Gasteiger partial charge in [0.1, 0.15) is 16.5 Å². The number of alkyl carbamates (subject to hydrolysis) is 1. The summed E-state index contributed by atoms with van der Waals surface area (Å²) in [6.07, 6.45) is 2.22. The van der Waals surface area contributed by atoms with Gasteiger partial charge in [-0.1, -0.05) is 61.9 Å². The number of carboxylic acids is 1. The molecule has 182 valence electrons. The Morgan fingerprint density at radius 3 is 2.34 bits per heavy atom. The molecular formula is C26H27N3O5S. The lowest BCUT2D eigenvalue weighted by atomic mass is 9.98. The van der Waals surface area contributed by atoms with Crippen molar-refractivity contribution in [3.63, 3.8) is 0 Å². The van der Waals surface area contributed by atoms with Gasteiger partial charge in [-0.25, -0.2) is 14.6 Å². The Balaban J connectivity index is 1.30. The smallest absolute Gasteiger partial charge is 0.407 e. The van der Waals surface area contributed by atoms with Gasteiger partial charge in [-0.3, -0.25) is 4.79 Å². The highest BCUT2D eigenvalue weighted by atomic mass is 32.1. The number of fused-ring (bicyclic) bond motifs is 3. The summed E-state index contributed by atoms with van der Waals surface area (Å²) < 4.78 is 5.61. The van der Waals surface area contributed by atoms with Crippen LogP contribution >= 0.6 is 11.3 Å². The molecule has 1 heterocycles. The molecule has 8 nitrogen and oxygen atoms in total. The average molecular weight is 494 g/mol. The average Bonchev–Trinajstić information content (AvgIpc) is 3.45. The van der Waals surface area contributed by atoms with E-state index in [2.05, 4.69) is 39.9 Å². The van der Waals surface area contributed by atoms with Crippen LogP contribution in [0.1, 0.15) is 57.9 Å². The predicted octanol–water partition coefficient (Wildman–Crippen LogP) is 4.56. The van der Waals surface area contributed by atoms with Crippen molar-refractivity contribution in [2.75, 3.05) is 6.61 Å². The molecule has 3 N–H and O–H groups in total. The molecule has 2 amide bonds. The fourth-order valence-corrected chi connectivity index (χ4v) is 5.04. The van der Waals surface area contributed by atoms with Crippen LogP contribution in [0.5, 0.6) is 0 Å². The minimum absolute atomic E-state index is 0.0323. The molecular weight excluding hydrogens is 466 g/mol. The monoisotopic (exact) mass is 493 g/mol. The molecule has 0 radical (unpaired) electrons. The van der Waals surface area contributed by atoms with Crippen LogP contribution < -0.4 is 10.6 Å². The van der Waals surface area contributed by atoms with Crippen LogP contribution in [0.15, 0.2) is 54.7 Å². The number of hydrogen-bond donors (Lipinski definition) is 3. The number of carboxylic acid groups (broad SMARTS) is 1. The Morgan fingerprint density at radius 1 is 1.09 bits per heavy atom. The van der Waals surface area contributed by atoms with Crippen molar-refractivity contribution < 1.29 is 24.2 Å². The van der Waals surface area contributed by atoms with Crippen LogP contribution in [0.25, 0.3) is 11.1 Å². The summed E-state index contributed by atoms with van der Waals surface area (Å²) in [5, 5.41) is 15.0. The van der Waals surface area contributed by atoms with E-state index in [0.717, 1.165) is 40.0 Å². The van der Waals surface area contributed by atoms with Crippen molar-refractivity contribution >= 4 is 29.3 Å². The van der Waals surface area contributed by atoms with Gasteiger partial charge in [-0.2, -0.15) is 0 Å². The number of thiazole rings is 1. The van der Waals surface area contributed by atoms with Crippen LogP contribution in [0, 0.1) is 0 Å². The van der Waals surface area contributed by atoms with Crippen molar-refractivity contribution in [2.45, 2.75) is 44.7 Å². The molecule has 0 spiro atoms. The van der Waals surface area contributed by atoms with E-state index in [4.69, 9.17) is 9.84 Å². The van der Waals surface area contributed by atoms with Crippen LogP contribution in [-0.4, -0.2) is 40.7 Å². The van der Waals surface area contributed by atoms with Crippen LogP contribution in [-0.2, 0) is 16.1 Å². The predicted molar refractivity (Wildman–Crippen MR) is 132 cm³/mol. The van der Waals surface area contributed by atoms with Gasteiger partial charge in [-0.05, 0) is 28.7 Å². The van der Waals surface area contributed by atoms with E-state index in [1.54, 1.807) is 0 Å².